The molecule has 0 spiro atoms. The summed E-state index contributed by atoms with van der Waals surface area (Å²) < 4.78 is 19.5. The molecular weight excluding hydrogens is 339 g/mol. The Balaban J connectivity index is 2.23. The van der Waals surface area contributed by atoms with Gasteiger partial charge in [0.15, 0.2) is 0 Å². The van der Waals surface area contributed by atoms with Crippen molar-refractivity contribution in [3.63, 3.8) is 0 Å². The molecule has 108 valence electrons. The molecule has 0 atom stereocenters. The van der Waals surface area contributed by atoms with E-state index in [-0.39, 0.29) is 0 Å². The van der Waals surface area contributed by atoms with Gasteiger partial charge in [0.1, 0.15) is 17.3 Å². The van der Waals surface area contributed by atoms with Crippen molar-refractivity contribution in [2.75, 3.05) is 0 Å². The molecule has 1 N–H and O–H groups in total. The first-order valence-electron chi connectivity index (χ1n) is 6.09. The van der Waals surface area contributed by atoms with Crippen molar-refractivity contribution >= 4 is 28.0 Å². The Hall–Kier alpha value is -2.14. The first kappa shape index (κ1) is 15.3. The molecule has 0 unspecified atom stereocenters. The summed E-state index contributed by atoms with van der Waals surface area (Å²) in [5, 5.41) is 8.59. The summed E-state index contributed by atoms with van der Waals surface area (Å²) in [6.07, 6.45) is 2.57. The number of halogens is 2. The van der Waals surface area contributed by atoms with Gasteiger partial charge in [0, 0.05) is 16.6 Å². The van der Waals surface area contributed by atoms with Crippen molar-refractivity contribution in [1.82, 2.24) is 0 Å². The Morgan fingerprint density at radius 2 is 2.05 bits per heavy atom. The maximum Gasteiger partial charge on any atom is 0.328 e. The number of ether oxygens (including phenoxy) is 1. The Labute approximate surface area is 129 Å². The van der Waals surface area contributed by atoms with Crippen LogP contribution in [0.25, 0.3) is 6.08 Å². The van der Waals surface area contributed by atoms with Crippen LogP contribution in [0.5, 0.6) is 11.5 Å². The van der Waals surface area contributed by atoms with Crippen LogP contribution >= 0.6 is 15.9 Å². The molecule has 0 aliphatic rings. The van der Waals surface area contributed by atoms with Gasteiger partial charge in [-0.2, -0.15) is 0 Å². The van der Waals surface area contributed by atoms with Crippen LogP contribution in [0, 0.1) is 12.7 Å². The topological polar surface area (TPSA) is 46.5 Å². The fourth-order valence-electron chi connectivity index (χ4n) is 1.77. The Morgan fingerprint density at radius 1 is 1.29 bits per heavy atom. The number of rotatable bonds is 4. The number of aliphatic carboxylic acids is 1. The molecule has 2 rings (SSSR count). The highest BCUT2D eigenvalue weighted by atomic mass is 79.9. The normalized spacial score (nSPS) is 10.8. The molecule has 0 bridgehead atoms. The molecule has 0 amide bonds. The molecule has 0 heterocycles. The summed E-state index contributed by atoms with van der Waals surface area (Å²) in [4.78, 5) is 10.5. The molecule has 0 saturated heterocycles. The molecule has 2 aromatic rings. The van der Waals surface area contributed by atoms with Crippen LogP contribution in [0.15, 0.2) is 46.9 Å². The first-order valence-corrected chi connectivity index (χ1v) is 6.89. The Morgan fingerprint density at radius 3 is 2.67 bits per heavy atom. The quantitative estimate of drug-likeness (QED) is 0.806. The second-order valence-electron chi connectivity index (χ2n) is 4.40. The van der Waals surface area contributed by atoms with Gasteiger partial charge in [-0.1, -0.05) is 22.0 Å². The Kier molecular flexibility index (Phi) is 4.75. The molecule has 21 heavy (non-hydrogen) atoms. The number of aryl methyl sites for hydroxylation is 1. The van der Waals surface area contributed by atoms with Crippen molar-refractivity contribution in [3.05, 3.63) is 63.9 Å². The molecule has 3 nitrogen and oxygen atoms in total. The average molecular weight is 351 g/mol. The van der Waals surface area contributed by atoms with Gasteiger partial charge in [0.25, 0.3) is 0 Å². The number of hydrogen-bond acceptors (Lipinski definition) is 2. The zero-order valence-electron chi connectivity index (χ0n) is 11.1. The zero-order valence-corrected chi connectivity index (χ0v) is 12.7. The summed E-state index contributed by atoms with van der Waals surface area (Å²) >= 11 is 3.21. The third-order valence-corrected chi connectivity index (χ3v) is 3.14. The molecule has 0 radical (unpaired) electrons. The van der Waals surface area contributed by atoms with E-state index in [4.69, 9.17) is 9.84 Å². The fraction of sp³-hybridized carbons (Fsp3) is 0.0625. The number of benzene rings is 2. The molecule has 0 fully saturated rings. The highest BCUT2D eigenvalue weighted by Gasteiger charge is 2.05. The minimum atomic E-state index is -1.00. The van der Waals surface area contributed by atoms with E-state index in [1.54, 1.807) is 24.3 Å². The zero-order chi connectivity index (χ0) is 15.4. The van der Waals surface area contributed by atoms with Crippen molar-refractivity contribution in [1.29, 1.82) is 0 Å². The lowest BCUT2D eigenvalue weighted by atomic mass is 10.1. The van der Waals surface area contributed by atoms with Gasteiger partial charge in [0.05, 0.1) is 0 Å². The Bertz CT molecular complexity index is 690. The molecule has 0 saturated carbocycles. The van der Waals surface area contributed by atoms with Crippen molar-refractivity contribution in [2.45, 2.75) is 6.92 Å². The van der Waals surface area contributed by atoms with Gasteiger partial charge in [-0.3, -0.25) is 0 Å². The van der Waals surface area contributed by atoms with E-state index in [0.717, 1.165) is 17.2 Å². The lowest BCUT2D eigenvalue weighted by Crippen LogP contribution is -1.90. The van der Waals surface area contributed by atoms with Crippen LogP contribution < -0.4 is 4.74 Å². The molecule has 0 aliphatic heterocycles. The minimum absolute atomic E-state index is 0.388. The largest absolute Gasteiger partial charge is 0.478 e. The summed E-state index contributed by atoms with van der Waals surface area (Å²) in [7, 11) is 0. The minimum Gasteiger partial charge on any atom is -0.478 e. The summed E-state index contributed by atoms with van der Waals surface area (Å²) in [6.45, 7) is 1.84. The van der Waals surface area contributed by atoms with Crippen molar-refractivity contribution in [3.8, 4) is 11.5 Å². The number of carbonyl (C=O) groups is 1. The third kappa shape index (κ3) is 4.43. The number of hydrogen-bond donors (Lipinski definition) is 1. The lowest BCUT2D eigenvalue weighted by molar-refractivity contribution is -0.131. The van der Waals surface area contributed by atoms with E-state index in [1.165, 1.54) is 18.2 Å². The van der Waals surface area contributed by atoms with Crippen LogP contribution in [0.4, 0.5) is 4.39 Å². The van der Waals surface area contributed by atoms with Gasteiger partial charge in [0.2, 0.25) is 0 Å². The second kappa shape index (κ2) is 6.54. The number of carboxylic acid groups (broad SMARTS) is 1. The van der Waals surface area contributed by atoms with Crippen LogP contribution in [0.1, 0.15) is 11.1 Å². The fourth-order valence-corrected chi connectivity index (χ4v) is 2.22. The van der Waals surface area contributed by atoms with E-state index in [9.17, 15) is 9.18 Å². The predicted molar refractivity (Wildman–Crippen MR) is 82.0 cm³/mol. The number of carboxylic acids is 1. The SMILES string of the molecule is Cc1cc(/C=C/C(=O)O)ccc1Oc1cc(F)cc(Br)c1. The monoisotopic (exact) mass is 350 g/mol. The second-order valence-corrected chi connectivity index (χ2v) is 5.32. The van der Waals surface area contributed by atoms with E-state index in [2.05, 4.69) is 15.9 Å². The highest BCUT2D eigenvalue weighted by molar-refractivity contribution is 9.10. The average Bonchev–Trinajstić information content (AvgIpc) is 2.38. The highest BCUT2D eigenvalue weighted by Crippen LogP contribution is 2.28. The summed E-state index contributed by atoms with van der Waals surface area (Å²) in [6, 6.07) is 9.55. The van der Waals surface area contributed by atoms with Crippen LogP contribution in [0.2, 0.25) is 0 Å². The maximum atomic E-state index is 13.3. The lowest BCUT2D eigenvalue weighted by Gasteiger charge is -2.10. The van der Waals surface area contributed by atoms with E-state index in [1.807, 2.05) is 6.92 Å². The molecule has 2 aromatic carbocycles. The first-order chi connectivity index (χ1) is 9.94. The summed E-state index contributed by atoms with van der Waals surface area (Å²) in [5.41, 5.74) is 1.57. The smallest absolute Gasteiger partial charge is 0.328 e. The van der Waals surface area contributed by atoms with Gasteiger partial charge in [-0.25, -0.2) is 9.18 Å². The van der Waals surface area contributed by atoms with E-state index < -0.39 is 11.8 Å². The molecule has 0 aliphatic carbocycles. The van der Waals surface area contributed by atoms with Gasteiger partial charge in [-0.05, 0) is 48.4 Å². The molecule has 5 heteroatoms. The summed E-state index contributed by atoms with van der Waals surface area (Å²) in [5.74, 6) is -0.422. The van der Waals surface area contributed by atoms with Crippen LogP contribution in [-0.4, -0.2) is 11.1 Å². The van der Waals surface area contributed by atoms with Crippen LogP contribution in [0.3, 0.4) is 0 Å². The van der Waals surface area contributed by atoms with E-state index in [0.29, 0.717) is 16.0 Å². The van der Waals surface area contributed by atoms with Gasteiger partial charge < -0.3 is 9.84 Å². The van der Waals surface area contributed by atoms with Crippen molar-refractivity contribution in [2.24, 2.45) is 0 Å². The van der Waals surface area contributed by atoms with Crippen molar-refractivity contribution < 1.29 is 19.0 Å². The van der Waals surface area contributed by atoms with Gasteiger partial charge >= 0.3 is 5.97 Å². The maximum absolute atomic E-state index is 13.3. The standard InChI is InChI=1S/C16H12BrFO3/c1-10-6-11(3-5-16(19)20)2-4-15(10)21-14-8-12(17)7-13(18)9-14/h2-9H,1H3,(H,19,20)/b5-3+. The molecular formula is C16H12BrFO3. The van der Waals surface area contributed by atoms with Gasteiger partial charge in [-0.15, -0.1) is 0 Å². The van der Waals surface area contributed by atoms with Crippen LogP contribution in [-0.2, 0) is 4.79 Å². The predicted octanol–water partition coefficient (Wildman–Crippen LogP) is 4.79. The third-order valence-electron chi connectivity index (χ3n) is 2.68. The molecule has 0 aromatic heterocycles. The van der Waals surface area contributed by atoms with E-state index >= 15 is 0 Å².